The smallest absolute Gasteiger partial charge is 0.409 e. The molecule has 0 aromatic carbocycles. The summed E-state index contributed by atoms with van der Waals surface area (Å²) in [6.07, 6.45) is 5.47. The molecule has 10 heteroatoms. The number of amides is 1. The first kappa shape index (κ1) is 25.5. The Bertz CT molecular complexity index is 642. The van der Waals surface area contributed by atoms with Crippen LogP contribution < -0.4 is 10.6 Å². The highest BCUT2D eigenvalue weighted by Crippen LogP contribution is 2.17. The van der Waals surface area contributed by atoms with E-state index in [0.29, 0.717) is 32.3 Å². The van der Waals surface area contributed by atoms with E-state index in [1.807, 2.05) is 31.0 Å². The summed E-state index contributed by atoms with van der Waals surface area (Å²) in [5.41, 5.74) is 1.15. The van der Waals surface area contributed by atoms with Gasteiger partial charge in [-0.15, -0.1) is 24.0 Å². The minimum Gasteiger partial charge on any atom is -0.450 e. The number of hydrogen-bond acceptors (Lipinski definition) is 5. The van der Waals surface area contributed by atoms with Crippen LogP contribution in [0.3, 0.4) is 0 Å². The van der Waals surface area contributed by atoms with Crippen molar-refractivity contribution in [3.63, 3.8) is 0 Å². The number of rotatable bonds is 7. The maximum atomic E-state index is 11.8. The number of nitrogens with zero attached hydrogens (tertiary/aromatic N) is 5. The van der Waals surface area contributed by atoms with Gasteiger partial charge in [0.25, 0.3) is 0 Å². The molecule has 0 aliphatic carbocycles. The number of likely N-dealkylation sites (tertiary alicyclic amines) is 1. The lowest BCUT2D eigenvalue weighted by Crippen LogP contribution is -2.50. The maximum absolute atomic E-state index is 11.8. The van der Waals surface area contributed by atoms with Crippen molar-refractivity contribution < 1.29 is 9.53 Å². The molecule has 1 unspecified atom stereocenters. The standard InChI is InChI=1S/C19H35N7O2.HI/c1-6-20-18(21-13-17(24(3)4)15-12-22-25(5)14-15)23-16-8-10-26(11-9-16)19(27)28-7-2;/h12,14,16-17H,6-11,13H2,1-5H3,(H2,20,21,23);1H. The Kier molecular flexibility index (Phi) is 11.3. The van der Waals surface area contributed by atoms with Crippen molar-refractivity contribution >= 4 is 36.0 Å². The Hall–Kier alpha value is -1.56. The number of ether oxygens (including phenoxy) is 1. The number of carbonyl (C=O) groups is 1. The SMILES string of the molecule is CCNC(=NCC(c1cnn(C)c1)N(C)C)NC1CCN(C(=O)OCC)CC1.I. The monoisotopic (exact) mass is 521 g/mol. The highest BCUT2D eigenvalue weighted by atomic mass is 127. The third-order valence-corrected chi connectivity index (χ3v) is 4.86. The van der Waals surface area contributed by atoms with Gasteiger partial charge >= 0.3 is 6.09 Å². The van der Waals surface area contributed by atoms with E-state index in [1.54, 1.807) is 4.90 Å². The molecule has 9 nitrogen and oxygen atoms in total. The highest BCUT2D eigenvalue weighted by Gasteiger charge is 2.24. The fourth-order valence-corrected chi connectivity index (χ4v) is 3.29. The molecule has 1 aliphatic heterocycles. The molecule has 1 aromatic rings. The molecule has 1 saturated heterocycles. The van der Waals surface area contributed by atoms with E-state index in [0.717, 1.165) is 30.9 Å². The average Bonchev–Trinajstić information content (AvgIpc) is 3.08. The van der Waals surface area contributed by atoms with Crippen molar-refractivity contribution in [2.24, 2.45) is 12.0 Å². The molecule has 1 fully saturated rings. The van der Waals surface area contributed by atoms with Gasteiger partial charge in [0.15, 0.2) is 5.96 Å². The van der Waals surface area contributed by atoms with Crippen LogP contribution in [0.2, 0.25) is 0 Å². The second-order valence-electron chi connectivity index (χ2n) is 7.25. The highest BCUT2D eigenvalue weighted by molar-refractivity contribution is 14.0. The summed E-state index contributed by atoms with van der Waals surface area (Å²) in [7, 11) is 6.03. The first-order chi connectivity index (χ1) is 13.4. The van der Waals surface area contributed by atoms with E-state index in [9.17, 15) is 4.79 Å². The van der Waals surface area contributed by atoms with E-state index in [1.165, 1.54) is 0 Å². The van der Waals surface area contributed by atoms with Gasteiger partial charge in [-0.25, -0.2) is 4.79 Å². The number of aryl methyl sites for hydroxylation is 1. The first-order valence-corrected chi connectivity index (χ1v) is 10.1. The summed E-state index contributed by atoms with van der Waals surface area (Å²) in [5, 5.41) is 11.1. The molecule has 0 radical (unpaired) electrons. The number of halogens is 1. The van der Waals surface area contributed by atoms with Gasteiger partial charge in [0.05, 0.1) is 25.4 Å². The van der Waals surface area contributed by atoms with Crippen LogP contribution >= 0.6 is 24.0 Å². The lowest BCUT2D eigenvalue weighted by molar-refractivity contribution is 0.0963. The predicted molar refractivity (Wildman–Crippen MR) is 126 cm³/mol. The molecule has 2 heterocycles. The number of hydrogen-bond donors (Lipinski definition) is 2. The molecule has 1 aromatic heterocycles. The number of likely N-dealkylation sites (N-methyl/N-ethyl adjacent to an activating group) is 1. The Morgan fingerprint density at radius 3 is 2.59 bits per heavy atom. The molecular formula is C19H36IN7O2. The van der Waals surface area contributed by atoms with Gasteiger partial charge in [-0.2, -0.15) is 5.10 Å². The number of nitrogens with one attached hydrogen (secondary N) is 2. The molecule has 1 aliphatic rings. The summed E-state index contributed by atoms with van der Waals surface area (Å²) < 4.78 is 6.90. The summed E-state index contributed by atoms with van der Waals surface area (Å²) >= 11 is 0. The Balaban J connectivity index is 0.00000420. The lowest BCUT2D eigenvalue weighted by Gasteiger charge is -2.32. The van der Waals surface area contributed by atoms with E-state index >= 15 is 0 Å². The quantitative estimate of drug-likeness (QED) is 0.324. The predicted octanol–water partition coefficient (Wildman–Crippen LogP) is 1.82. The molecule has 1 amide bonds. The number of aromatic nitrogens is 2. The molecule has 2 rings (SSSR count). The van der Waals surface area contributed by atoms with Crippen LogP contribution in [0.25, 0.3) is 0 Å². The second-order valence-corrected chi connectivity index (χ2v) is 7.25. The normalized spacial score (nSPS) is 16.3. The zero-order valence-corrected chi connectivity index (χ0v) is 20.6. The zero-order valence-electron chi connectivity index (χ0n) is 18.2. The number of carbonyl (C=O) groups excluding carboxylic acids is 1. The van der Waals surface area contributed by atoms with Gasteiger partial charge in [0.1, 0.15) is 0 Å². The summed E-state index contributed by atoms with van der Waals surface area (Å²) in [6, 6.07) is 0.453. The van der Waals surface area contributed by atoms with Gasteiger partial charge in [0.2, 0.25) is 0 Å². The van der Waals surface area contributed by atoms with E-state index in [4.69, 9.17) is 9.73 Å². The van der Waals surface area contributed by atoms with Crippen molar-refractivity contribution in [1.29, 1.82) is 0 Å². The Labute approximate surface area is 191 Å². The molecule has 0 saturated carbocycles. The third-order valence-electron chi connectivity index (χ3n) is 4.86. The largest absolute Gasteiger partial charge is 0.450 e. The molecule has 166 valence electrons. The van der Waals surface area contributed by atoms with Gasteiger partial charge in [0, 0.05) is 44.5 Å². The van der Waals surface area contributed by atoms with Crippen LogP contribution in [0.5, 0.6) is 0 Å². The van der Waals surface area contributed by atoms with Gasteiger partial charge < -0.3 is 25.2 Å². The molecule has 2 N–H and O–H groups in total. The number of guanidine groups is 1. The van der Waals surface area contributed by atoms with Crippen LogP contribution in [-0.2, 0) is 11.8 Å². The van der Waals surface area contributed by atoms with Crippen molar-refractivity contribution in [3.05, 3.63) is 18.0 Å². The summed E-state index contributed by atoms with van der Waals surface area (Å²) in [5.74, 6) is 0.813. The van der Waals surface area contributed by atoms with Gasteiger partial charge in [-0.05, 0) is 40.8 Å². The third kappa shape index (κ3) is 8.00. The van der Waals surface area contributed by atoms with E-state index < -0.39 is 0 Å². The van der Waals surface area contributed by atoms with Crippen molar-refractivity contribution in [1.82, 2.24) is 30.2 Å². The van der Waals surface area contributed by atoms with E-state index in [-0.39, 0.29) is 36.1 Å². The Morgan fingerprint density at radius 1 is 1.38 bits per heavy atom. The minimum atomic E-state index is -0.216. The van der Waals surface area contributed by atoms with Crippen LogP contribution in [0.15, 0.2) is 17.4 Å². The summed E-state index contributed by atoms with van der Waals surface area (Å²) in [6.45, 7) is 7.14. The summed E-state index contributed by atoms with van der Waals surface area (Å²) in [4.78, 5) is 20.6. The molecule has 1 atom stereocenters. The van der Waals surface area contributed by atoms with Gasteiger partial charge in [-0.3, -0.25) is 9.67 Å². The average molecular weight is 521 g/mol. The van der Waals surface area contributed by atoms with Crippen molar-refractivity contribution in [3.8, 4) is 0 Å². The number of piperidine rings is 1. The second kappa shape index (κ2) is 12.9. The van der Waals surface area contributed by atoms with Crippen LogP contribution in [-0.4, -0.2) is 84.6 Å². The lowest BCUT2D eigenvalue weighted by atomic mass is 10.1. The molecule has 0 bridgehead atoms. The number of aliphatic imine (C=N–C) groups is 1. The van der Waals surface area contributed by atoms with Crippen LogP contribution in [0.1, 0.15) is 38.3 Å². The minimum absolute atomic E-state index is 0. The zero-order chi connectivity index (χ0) is 20.5. The maximum Gasteiger partial charge on any atom is 0.409 e. The van der Waals surface area contributed by atoms with Gasteiger partial charge in [-0.1, -0.05) is 0 Å². The van der Waals surface area contributed by atoms with E-state index in [2.05, 4.69) is 41.7 Å². The molecular weight excluding hydrogens is 485 g/mol. The fourth-order valence-electron chi connectivity index (χ4n) is 3.29. The first-order valence-electron chi connectivity index (χ1n) is 10.1. The van der Waals surface area contributed by atoms with Crippen molar-refractivity contribution in [2.75, 3.05) is 46.9 Å². The van der Waals surface area contributed by atoms with Crippen LogP contribution in [0, 0.1) is 0 Å². The fraction of sp³-hybridized carbons (Fsp3) is 0.737. The van der Waals surface area contributed by atoms with Crippen LogP contribution in [0.4, 0.5) is 4.79 Å². The van der Waals surface area contributed by atoms with Crippen molar-refractivity contribution in [2.45, 2.75) is 38.8 Å². The Morgan fingerprint density at radius 2 is 2.07 bits per heavy atom. The topological polar surface area (TPSA) is 87.0 Å². The molecule has 29 heavy (non-hydrogen) atoms. The molecule has 0 spiro atoms.